The van der Waals surface area contributed by atoms with E-state index in [-0.39, 0.29) is 5.92 Å². The number of carboxylic acid groups (broad SMARTS) is 1. The topological polar surface area (TPSA) is 46.5 Å². The van der Waals surface area contributed by atoms with Gasteiger partial charge in [0.2, 0.25) is 0 Å². The molecule has 3 nitrogen and oxygen atoms in total. The average Bonchev–Trinajstić information content (AvgIpc) is 2.53. The van der Waals surface area contributed by atoms with Crippen LogP contribution in [0.15, 0.2) is 17.5 Å². The molecule has 0 amide bonds. The van der Waals surface area contributed by atoms with Crippen LogP contribution in [-0.2, 0) is 9.53 Å². The molecule has 14 heavy (non-hydrogen) atoms. The summed E-state index contributed by atoms with van der Waals surface area (Å²) in [5.74, 6) is -0.638. The Morgan fingerprint density at radius 1 is 1.71 bits per heavy atom. The molecule has 0 aliphatic carbocycles. The van der Waals surface area contributed by atoms with E-state index in [1.807, 2.05) is 17.5 Å². The maximum Gasteiger partial charge on any atom is 0.311 e. The zero-order valence-electron chi connectivity index (χ0n) is 7.68. The Hall–Kier alpha value is -0.870. The first-order valence-electron chi connectivity index (χ1n) is 4.61. The summed E-state index contributed by atoms with van der Waals surface area (Å²) in [5, 5.41) is 11.0. The number of ether oxygens (including phenoxy) is 1. The maximum atomic E-state index is 11.0. The molecule has 76 valence electrons. The number of aliphatic carboxylic acids is 1. The summed E-state index contributed by atoms with van der Waals surface area (Å²) in [6.07, 6.45) is 0.704. The van der Waals surface area contributed by atoms with Gasteiger partial charge in [-0.2, -0.15) is 0 Å². The van der Waals surface area contributed by atoms with Crippen LogP contribution < -0.4 is 0 Å². The number of hydrogen-bond donors (Lipinski definition) is 1. The van der Waals surface area contributed by atoms with Crippen LogP contribution >= 0.6 is 11.3 Å². The third kappa shape index (κ3) is 1.96. The van der Waals surface area contributed by atoms with E-state index in [1.54, 1.807) is 0 Å². The molecule has 1 aliphatic rings. The Kier molecular flexibility index (Phi) is 2.84. The molecule has 0 aromatic carbocycles. The quantitative estimate of drug-likeness (QED) is 0.829. The minimum atomic E-state index is -0.723. The van der Waals surface area contributed by atoms with Gasteiger partial charge in [-0.3, -0.25) is 4.79 Å². The van der Waals surface area contributed by atoms with Crippen molar-refractivity contribution in [2.24, 2.45) is 5.92 Å². The van der Waals surface area contributed by atoms with Gasteiger partial charge >= 0.3 is 5.97 Å². The van der Waals surface area contributed by atoms with Crippen LogP contribution in [0.1, 0.15) is 17.2 Å². The number of hydrogen-bond acceptors (Lipinski definition) is 3. The molecule has 0 saturated carbocycles. The van der Waals surface area contributed by atoms with Gasteiger partial charge in [-0.05, 0) is 17.9 Å². The lowest BCUT2D eigenvalue weighted by molar-refractivity contribution is -0.140. The molecule has 1 atom stereocenters. The molecule has 4 heteroatoms. The molecule has 1 unspecified atom stereocenters. The Bertz CT molecular complexity index is 303. The Labute approximate surface area is 86.3 Å². The Morgan fingerprint density at radius 2 is 2.50 bits per heavy atom. The smallest absolute Gasteiger partial charge is 0.311 e. The summed E-state index contributed by atoms with van der Waals surface area (Å²) in [4.78, 5) is 12.0. The molecule has 0 bridgehead atoms. The summed E-state index contributed by atoms with van der Waals surface area (Å²) >= 11 is 1.51. The zero-order valence-corrected chi connectivity index (χ0v) is 8.50. The average molecular weight is 212 g/mol. The lowest BCUT2D eigenvalue weighted by atomic mass is 9.92. The van der Waals surface area contributed by atoms with Gasteiger partial charge in [0.15, 0.2) is 0 Å². The third-order valence-corrected chi connectivity index (χ3v) is 3.45. The van der Waals surface area contributed by atoms with Crippen LogP contribution in [0.25, 0.3) is 0 Å². The minimum Gasteiger partial charge on any atom is -0.481 e. The first-order valence-corrected chi connectivity index (χ1v) is 5.49. The van der Waals surface area contributed by atoms with Crippen molar-refractivity contribution in [3.05, 3.63) is 22.4 Å². The van der Waals surface area contributed by atoms with Crippen molar-refractivity contribution in [2.45, 2.75) is 12.3 Å². The maximum absolute atomic E-state index is 11.0. The van der Waals surface area contributed by atoms with Crippen molar-refractivity contribution < 1.29 is 14.6 Å². The summed E-state index contributed by atoms with van der Waals surface area (Å²) in [6.45, 7) is 1.43. The number of rotatable bonds is 4. The fourth-order valence-corrected chi connectivity index (χ4v) is 2.41. The van der Waals surface area contributed by atoms with Crippen LogP contribution in [0.4, 0.5) is 0 Å². The van der Waals surface area contributed by atoms with Gasteiger partial charge in [0.05, 0.1) is 19.1 Å². The minimum absolute atomic E-state index is 0.344. The van der Waals surface area contributed by atoms with Gasteiger partial charge in [0, 0.05) is 10.8 Å². The number of carbonyl (C=O) groups is 1. The molecule has 0 spiro atoms. The van der Waals surface area contributed by atoms with Crippen LogP contribution in [0.5, 0.6) is 0 Å². The van der Waals surface area contributed by atoms with E-state index in [0.29, 0.717) is 12.3 Å². The predicted molar refractivity (Wildman–Crippen MR) is 53.6 cm³/mol. The Balaban J connectivity index is 2.03. The SMILES string of the molecule is O=C(O)C(CC1COC1)c1cccs1. The highest BCUT2D eigenvalue weighted by Gasteiger charge is 2.28. The van der Waals surface area contributed by atoms with Crippen LogP contribution in [0.2, 0.25) is 0 Å². The van der Waals surface area contributed by atoms with E-state index in [4.69, 9.17) is 9.84 Å². The van der Waals surface area contributed by atoms with Gasteiger partial charge in [0.25, 0.3) is 0 Å². The molecule has 0 radical (unpaired) electrons. The van der Waals surface area contributed by atoms with Gasteiger partial charge in [-0.25, -0.2) is 0 Å². The molecule has 1 aromatic heterocycles. The molecule has 1 aliphatic heterocycles. The fourth-order valence-electron chi connectivity index (χ4n) is 1.58. The highest BCUT2D eigenvalue weighted by atomic mass is 32.1. The molecular weight excluding hydrogens is 200 g/mol. The number of carboxylic acids is 1. The van der Waals surface area contributed by atoms with Crippen molar-refractivity contribution >= 4 is 17.3 Å². The van der Waals surface area contributed by atoms with Crippen LogP contribution in [-0.4, -0.2) is 24.3 Å². The standard InChI is InChI=1S/C10H12O3S/c11-10(12)8(4-7-5-13-6-7)9-2-1-3-14-9/h1-3,7-8H,4-6H2,(H,11,12). The molecule has 1 aromatic rings. The monoisotopic (exact) mass is 212 g/mol. The zero-order chi connectivity index (χ0) is 9.97. The largest absolute Gasteiger partial charge is 0.481 e. The first-order chi connectivity index (χ1) is 6.77. The first kappa shape index (κ1) is 9.68. The van der Waals surface area contributed by atoms with E-state index in [2.05, 4.69) is 0 Å². The van der Waals surface area contributed by atoms with Crippen LogP contribution in [0.3, 0.4) is 0 Å². The highest BCUT2D eigenvalue weighted by Crippen LogP contribution is 2.30. The molecule has 1 fully saturated rings. The van der Waals surface area contributed by atoms with E-state index < -0.39 is 5.97 Å². The fraction of sp³-hybridized carbons (Fsp3) is 0.500. The van der Waals surface area contributed by atoms with E-state index in [1.165, 1.54) is 11.3 Å². The lowest BCUT2D eigenvalue weighted by Crippen LogP contribution is -2.30. The van der Waals surface area contributed by atoms with Gasteiger partial charge in [-0.1, -0.05) is 6.07 Å². The van der Waals surface area contributed by atoms with Gasteiger partial charge in [-0.15, -0.1) is 11.3 Å². The highest BCUT2D eigenvalue weighted by molar-refractivity contribution is 7.10. The second kappa shape index (κ2) is 4.11. The lowest BCUT2D eigenvalue weighted by Gasteiger charge is -2.27. The van der Waals surface area contributed by atoms with Crippen molar-refractivity contribution in [1.82, 2.24) is 0 Å². The molecular formula is C10H12O3S. The molecule has 1 saturated heterocycles. The van der Waals surface area contributed by atoms with Gasteiger partial charge in [0.1, 0.15) is 0 Å². The van der Waals surface area contributed by atoms with Crippen molar-refractivity contribution in [3.63, 3.8) is 0 Å². The van der Waals surface area contributed by atoms with E-state index >= 15 is 0 Å². The predicted octanol–water partition coefficient (Wildman–Crippen LogP) is 1.95. The Morgan fingerprint density at radius 3 is 2.93 bits per heavy atom. The normalized spacial score (nSPS) is 18.9. The molecule has 2 rings (SSSR count). The molecule has 2 heterocycles. The molecule has 1 N–H and O–H groups in total. The van der Waals surface area contributed by atoms with Crippen molar-refractivity contribution in [1.29, 1.82) is 0 Å². The van der Waals surface area contributed by atoms with E-state index in [9.17, 15) is 4.79 Å². The van der Waals surface area contributed by atoms with Crippen molar-refractivity contribution in [2.75, 3.05) is 13.2 Å². The van der Waals surface area contributed by atoms with Gasteiger partial charge < -0.3 is 9.84 Å². The van der Waals surface area contributed by atoms with E-state index in [0.717, 1.165) is 18.1 Å². The summed E-state index contributed by atoms with van der Waals surface area (Å²) in [6, 6.07) is 3.79. The summed E-state index contributed by atoms with van der Waals surface area (Å²) in [7, 11) is 0. The third-order valence-electron chi connectivity index (χ3n) is 2.46. The summed E-state index contributed by atoms with van der Waals surface area (Å²) < 4.78 is 5.04. The van der Waals surface area contributed by atoms with Crippen LogP contribution in [0, 0.1) is 5.92 Å². The van der Waals surface area contributed by atoms with Crippen molar-refractivity contribution in [3.8, 4) is 0 Å². The second-order valence-electron chi connectivity index (χ2n) is 3.55. The number of thiophene rings is 1. The second-order valence-corrected chi connectivity index (χ2v) is 4.52. The summed E-state index contributed by atoms with van der Waals surface area (Å²) in [5.41, 5.74) is 0.